The lowest BCUT2D eigenvalue weighted by Crippen LogP contribution is -2.49. The molecule has 2 aromatic rings. The predicted molar refractivity (Wildman–Crippen MR) is 146 cm³/mol. The van der Waals surface area contributed by atoms with Gasteiger partial charge in [0.25, 0.3) is 0 Å². The molecule has 174 valence electrons. The smallest absolute Gasteiger partial charge is 0.122 e. The molecule has 0 aliphatic heterocycles. The highest BCUT2D eigenvalue weighted by molar-refractivity contribution is 6.92. The zero-order chi connectivity index (χ0) is 23.8. The fourth-order valence-corrected chi connectivity index (χ4v) is 10.4. The van der Waals surface area contributed by atoms with Crippen LogP contribution in [-0.2, 0) is 5.41 Å². The minimum Gasteiger partial charge on any atom is -0.489 e. The fraction of sp³-hybridized carbons (Fsp3) is 0.419. The van der Waals surface area contributed by atoms with Gasteiger partial charge in [-0.15, -0.1) is 0 Å². The van der Waals surface area contributed by atoms with Crippen molar-refractivity contribution in [2.24, 2.45) is 5.92 Å². The van der Waals surface area contributed by atoms with E-state index in [0.717, 1.165) is 5.75 Å². The Morgan fingerprint density at radius 1 is 1.12 bits per heavy atom. The standard InChI is InChI=1S/C31H40OSi/c1-8-18-32-29-27(31(3,4)5)19-22(2)20-28(29)33(6,7)30-25-17-13-12-16-24(25)21-26(30)23-14-10-9-11-15-23/h8-15,17,19-20,24,26,30H,1,16,18,21H2,2-7H3. The molecule has 2 aromatic carbocycles. The van der Waals surface area contributed by atoms with Gasteiger partial charge in [-0.3, -0.25) is 0 Å². The molecule has 1 saturated carbocycles. The van der Waals surface area contributed by atoms with E-state index in [0.29, 0.717) is 24.0 Å². The molecule has 2 heteroatoms. The van der Waals surface area contributed by atoms with Gasteiger partial charge in [0.1, 0.15) is 12.4 Å². The first-order valence-corrected chi connectivity index (χ1v) is 15.5. The van der Waals surface area contributed by atoms with Crippen molar-refractivity contribution >= 4 is 13.3 Å². The number of fused-ring (bicyclic) bond motifs is 1. The van der Waals surface area contributed by atoms with Crippen LogP contribution in [-0.4, -0.2) is 14.7 Å². The van der Waals surface area contributed by atoms with Crippen LogP contribution >= 0.6 is 0 Å². The maximum Gasteiger partial charge on any atom is 0.122 e. The van der Waals surface area contributed by atoms with E-state index >= 15 is 0 Å². The van der Waals surface area contributed by atoms with Gasteiger partial charge in [-0.1, -0.05) is 118 Å². The van der Waals surface area contributed by atoms with Crippen LogP contribution in [0.1, 0.15) is 56.2 Å². The molecule has 0 spiro atoms. The highest BCUT2D eigenvalue weighted by Gasteiger charge is 2.50. The first-order valence-electron chi connectivity index (χ1n) is 12.5. The van der Waals surface area contributed by atoms with Crippen LogP contribution in [0.15, 0.2) is 78.9 Å². The van der Waals surface area contributed by atoms with Gasteiger partial charge in [0.2, 0.25) is 0 Å². The van der Waals surface area contributed by atoms with Gasteiger partial charge in [0.05, 0.1) is 8.07 Å². The molecule has 0 saturated heterocycles. The van der Waals surface area contributed by atoms with Crippen LogP contribution in [0, 0.1) is 12.8 Å². The van der Waals surface area contributed by atoms with Gasteiger partial charge in [0, 0.05) is 0 Å². The van der Waals surface area contributed by atoms with E-state index in [1.54, 1.807) is 5.57 Å². The van der Waals surface area contributed by atoms with Crippen molar-refractivity contribution in [3.8, 4) is 5.75 Å². The van der Waals surface area contributed by atoms with E-state index in [9.17, 15) is 0 Å². The Balaban J connectivity index is 1.91. The fourth-order valence-electron chi connectivity index (χ4n) is 6.18. The Hall–Kier alpha value is -2.32. The summed E-state index contributed by atoms with van der Waals surface area (Å²) in [5.74, 6) is 2.35. The topological polar surface area (TPSA) is 9.23 Å². The number of benzene rings is 2. The van der Waals surface area contributed by atoms with Gasteiger partial charge in [-0.2, -0.15) is 0 Å². The summed E-state index contributed by atoms with van der Waals surface area (Å²) in [5.41, 5.74) is 6.42. The second kappa shape index (κ2) is 9.14. The van der Waals surface area contributed by atoms with Gasteiger partial charge in [-0.25, -0.2) is 0 Å². The third kappa shape index (κ3) is 4.55. The molecule has 4 rings (SSSR count). The third-order valence-electron chi connectivity index (χ3n) is 7.70. The van der Waals surface area contributed by atoms with E-state index in [-0.39, 0.29) is 5.41 Å². The molecular formula is C31H40OSi. The Morgan fingerprint density at radius 2 is 1.85 bits per heavy atom. The third-order valence-corrected chi connectivity index (χ3v) is 11.8. The van der Waals surface area contributed by atoms with Crippen LogP contribution in [0.3, 0.4) is 0 Å². The van der Waals surface area contributed by atoms with Crippen molar-refractivity contribution < 1.29 is 4.74 Å². The van der Waals surface area contributed by atoms with Gasteiger partial charge >= 0.3 is 0 Å². The SMILES string of the molecule is C=CCOc1c(C(C)(C)C)cc(C)cc1[Si](C)(C)C1C2=CC=CCC2CC1c1ccccc1. The van der Waals surface area contributed by atoms with Crippen molar-refractivity contribution in [2.45, 2.75) is 70.5 Å². The van der Waals surface area contributed by atoms with Crippen LogP contribution in [0.25, 0.3) is 0 Å². The summed E-state index contributed by atoms with van der Waals surface area (Å²) in [4.78, 5) is 0. The van der Waals surface area contributed by atoms with E-state index in [2.05, 4.69) is 108 Å². The van der Waals surface area contributed by atoms with Gasteiger partial charge in [0.15, 0.2) is 0 Å². The minimum atomic E-state index is -2.00. The lowest BCUT2D eigenvalue weighted by Gasteiger charge is -2.39. The highest BCUT2D eigenvalue weighted by atomic mass is 28.3. The summed E-state index contributed by atoms with van der Waals surface area (Å²) < 4.78 is 6.51. The number of hydrogen-bond acceptors (Lipinski definition) is 1. The van der Waals surface area contributed by atoms with Crippen LogP contribution in [0.2, 0.25) is 18.6 Å². The summed E-state index contributed by atoms with van der Waals surface area (Å²) in [6, 6.07) is 16.0. The molecular weight excluding hydrogens is 416 g/mol. The molecule has 3 atom stereocenters. The van der Waals surface area contributed by atoms with E-state index < -0.39 is 8.07 Å². The normalized spacial score (nSPS) is 22.6. The van der Waals surface area contributed by atoms with Crippen LogP contribution in [0.4, 0.5) is 0 Å². The van der Waals surface area contributed by atoms with Crippen molar-refractivity contribution in [3.05, 3.63) is 95.6 Å². The number of allylic oxidation sites excluding steroid dienone is 4. The average Bonchev–Trinajstić information content (AvgIpc) is 3.18. The summed E-state index contributed by atoms with van der Waals surface area (Å²) in [5, 5.41) is 1.47. The number of hydrogen-bond donors (Lipinski definition) is 0. The summed E-state index contributed by atoms with van der Waals surface area (Å²) in [6.45, 7) is 18.8. The number of aryl methyl sites for hydroxylation is 1. The largest absolute Gasteiger partial charge is 0.489 e. The van der Waals surface area contributed by atoms with Crippen molar-refractivity contribution in [1.82, 2.24) is 0 Å². The quantitative estimate of drug-likeness (QED) is 0.318. The Labute approximate surface area is 202 Å². The van der Waals surface area contributed by atoms with Crippen molar-refractivity contribution in [3.63, 3.8) is 0 Å². The summed E-state index contributed by atoms with van der Waals surface area (Å²) in [7, 11) is -2.00. The Morgan fingerprint density at radius 3 is 2.52 bits per heavy atom. The molecule has 3 unspecified atom stereocenters. The van der Waals surface area contributed by atoms with Gasteiger partial charge in [-0.05, 0) is 58.9 Å². The lowest BCUT2D eigenvalue weighted by atomic mass is 9.85. The zero-order valence-electron chi connectivity index (χ0n) is 21.3. The van der Waals surface area contributed by atoms with E-state index in [1.165, 1.54) is 34.7 Å². The summed E-state index contributed by atoms with van der Waals surface area (Å²) >= 11 is 0. The molecule has 1 fully saturated rings. The molecule has 0 bridgehead atoms. The number of ether oxygens (including phenoxy) is 1. The molecule has 0 amide bonds. The predicted octanol–water partition coefficient (Wildman–Crippen LogP) is 7.83. The zero-order valence-corrected chi connectivity index (χ0v) is 22.3. The molecule has 0 heterocycles. The van der Waals surface area contributed by atoms with E-state index in [1.807, 2.05) is 6.08 Å². The van der Waals surface area contributed by atoms with E-state index in [4.69, 9.17) is 4.74 Å². The monoisotopic (exact) mass is 456 g/mol. The maximum absolute atomic E-state index is 6.51. The minimum absolute atomic E-state index is 0.0195. The second-order valence-electron chi connectivity index (χ2n) is 11.5. The molecule has 2 aliphatic rings. The van der Waals surface area contributed by atoms with Crippen LogP contribution < -0.4 is 9.92 Å². The molecule has 0 aromatic heterocycles. The Bertz CT molecular complexity index is 1070. The Kier molecular flexibility index (Phi) is 6.60. The molecule has 0 N–H and O–H groups in total. The van der Waals surface area contributed by atoms with Crippen molar-refractivity contribution in [2.75, 3.05) is 6.61 Å². The lowest BCUT2D eigenvalue weighted by molar-refractivity contribution is 0.353. The average molecular weight is 457 g/mol. The number of rotatable bonds is 6. The highest BCUT2D eigenvalue weighted by Crippen LogP contribution is 2.57. The van der Waals surface area contributed by atoms with Crippen molar-refractivity contribution in [1.29, 1.82) is 0 Å². The molecule has 33 heavy (non-hydrogen) atoms. The summed E-state index contributed by atoms with van der Waals surface area (Å²) in [6.07, 6.45) is 11.4. The molecule has 1 nitrogen and oxygen atoms in total. The maximum atomic E-state index is 6.51. The molecule has 2 aliphatic carbocycles. The second-order valence-corrected chi connectivity index (χ2v) is 16.1. The van der Waals surface area contributed by atoms with Gasteiger partial charge < -0.3 is 4.74 Å². The van der Waals surface area contributed by atoms with Crippen LogP contribution in [0.5, 0.6) is 5.75 Å². The molecule has 0 radical (unpaired) electrons. The first-order chi connectivity index (χ1) is 15.6. The first kappa shape index (κ1) is 23.8.